The van der Waals surface area contributed by atoms with Gasteiger partial charge in [0.05, 0.1) is 5.69 Å². The van der Waals surface area contributed by atoms with Crippen LogP contribution in [0.3, 0.4) is 0 Å². The summed E-state index contributed by atoms with van der Waals surface area (Å²) in [6, 6.07) is 15.4. The maximum Gasteiger partial charge on any atom is 0.168 e. The quantitative estimate of drug-likeness (QED) is 0.513. The molecule has 0 saturated heterocycles. The molecule has 0 unspecified atom stereocenters. The topological polar surface area (TPSA) is 15.6 Å². The van der Waals surface area contributed by atoms with Crippen molar-refractivity contribution < 1.29 is 0 Å². The standard InChI is InChI=1S/C16H16Cl2N2S/c1-3-20(15-10-12(17)9-13(18)11-15)16(21-2)19-14-7-5-4-6-8-14/h4-11H,3H2,1-2H3. The Morgan fingerprint density at radius 1 is 1.10 bits per heavy atom. The number of hydrogen-bond acceptors (Lipinski definition) is 2. The number of halogens is 2. The molecule has 5 heteroatoms. The van der Waals surface area contributed by atoms with E-state index in [1.54, 1.807) is 17.8 Å². The molecular formula is C16H16Cl2N2S. The van der Waals surface area contributed by atoms with Crippen molar-refractivity contribution in [3.63, 3.8) is 0 Å². The number of rotatable bonds is 3. The Bertz CT molecular complexity index is 609. The van der Waals surface area contributed by atoms with E-state index in [0.717, 1.165) is 23.1 Å². The number of benzene rings is 2. The number of hydrogen-bond donors (Lipinski definition) is 0. The predicted octanol–water partition coefficient (Wildman–Crippen LogP) is 5.87. The molecule has 2 aromatic carbocycles. The van der Waals surface area contributed by atoms with Gasteiger partial charge in [0.1, 0.15) is 0 Å². The summed E-state index contributed by atoms with van der Waals surface area (Å²) in [7, 11) is 0. The van der Waals surface area contributed by atoms with Gasteiger partial charge in [0, 0.05) is 22.3 Å². The molecule has 0 amide bonds. The molecule has 0 aliphatic carbocycles. The summed E-state index contributed by atoms with van der Waals surface area (Å²) in [5, 5.41) is 2.15. The molecule has 110 valence electrons. The lowest BCUT2D eigenvalue weighted by Crippen LogP contribution is -2.28. The minimum absolute atomic E-state index is 0.621. The van der Waals surface area contributed by atoms with Gasteiger partial charge in [-0.05, 0) is 43.5 Å². The zero-order valence-electron chi connectivity index (χ0n) is 11.9. The molecule has 0 bridgehead atoms. The van der Waals surface area contributed by atoms with Crippen molar-refractivity contribution in [2.45, 2.75) is 6.92 Å². The normalized spacial score (nSPS) is 11.5. The Morgan fingerprint density at radius 2 is 1.71 bits per heavy atom. The second kappa shape index (κ2) is 7.74. The predicted molar refractivity (Wildman–Crippen MR) is 96.5 cm³/mol. The lowest BCUT2D eigenvalue weighted by Gasteiger charge is -2.24. The number of nitrogens with zero attached hydrogens (tertiary/aromatic N) is 2. The fourth-order valence-corrected chi connectivity index (χ4v) is 3.12. The summed E-state index contributed by atoms with van der Waals surface area (Å²) >= 11 is 13.8. The fraction of sp³-hybridized carbons (Fsp3) is 0.188. The van der Waals surface area contributed by atoms with Crippen molar-refractivity contribution in [3.05, 3.63) is 58.6 Å². The van der Waals surface area contributed by atoms with Gasteiger partial charge in [0.25, 0.3) is 0 Å². The molecule has 0 spiro atoms. The lowest BCUT2D eigenvalue weighted by atomic mass is 10.3. The number of thioether (sulfide) groups is 1. The second-order valence-electron chi connectivity index (χ2n) is 4.31. The van der Waals surface area contributed by atoms with Crippen LogP contribution in [0.15, 0.2) is 53.5 Å². The zero-order valence-corrected chi connectivity index (χ0v) is 14.2. The van der Waals surface area contributed by atoms with Crippen LogP contribution in [0.25, 0.3) is 0 Å². The highest BCUT2D eigenvalue weighted by molar-refractivity contribution is 8.13. The molecule has 2 nitrogen and oxygen atoms in total. The number of anilines is 1. The number of para-hydroxylation sites is 1. The third kappa shape index (κ3) is 4.40. The Balaban J connectivity index is 2.40. The van der Waals surface area contributed by atoms with Crippen molar-refractivity contribution >= 4 is 51.5 Å². The van der Waals surface area contributed by atoms with Gasteiger partial charge >= 0.3 is 0 Å². The van der Waals surface area contributed by atoms with Gasteiger partial charge < -0.3 is 4.90 Å². The van der Waals surface area contributed by atoms with Crippen molar-refractivity contribution in [2.75, 3.05) is 17.7 Å². The van der Waals surface area contributed by atoms with Crippen LogP contribution in [0.5, 0.6) is 0 Å². The maximum absolute atomic E-state index is 6.10. The molecular weight excluding hydrogens is 323 g/mol. The molecule has 0 heterocycles. The molecule has 0 atom stereocenters. The first kappa shape index (κ1) is 16.2. The molecule has 0 fully saturated rings. The highest BCUT2D eigenvalue weighted by Crippen LogP contribution is 2.28. The van der Waals surface area contributed by atoms with E-state index in [1.165, 1.54) is 0 Å². The van der Waals surface area contributed by atoms with Crippen molar-refractivity contribution in [1.82, 2.24) is 0 Å². The van der Waals surface area contributed by atoms with Gasteiger partial charge in [-0.2, -0.15) is 0 Å². The van der Waals surface area contributed by atoms with Crippen LogP contribution in [-0.2, 0) is 0 Å². The van der Waals surface area contributed by atoms with Crippen LogP contribution in [0.4, 0.5) is 11.4 Å². The summed E-state index contributed by atoms with van der Waals surface area (Å²) in [5.41, 5.74) is 1.87. The van der Waals surface area contributed by atoms with Crippen LogP contribution in [0, 0.1) is 0 Å². The highest BCUT2D eigenvalue weighted by Gasteiger charge is 2.12. The zero-order chi connectivity index (χ0) is 15.2. The van der Waals surface area contributed by atoms with Crippen molar-refractivity contribution in [2.24, 2.45) is 4.99 Å². The SMILES string of the molecule is CCN(C(=Nc1ccccc1)SC)c1cc(Cl)cc(Cl)c1. The van der Waals surface area contributed by atoms with Gasteiger partial charge in [0.2, 0.25) is 0 Å². The molecule has 0 N–H and O–H groups in total. The van der Waals surface area contributed by atoms with Gasteiger partial charge in [-0.1, -0.05) is 53.2 Å². The van der Waals surface area contributed by atoms with Crippen molar-refractivity contribution in [3.8, 4) is 0 Å². The smallest absolute Gasteiger partial charge is 0.168 e. The average molecular weight is 339 g/mol. The Morgan fingerprint density at radius 3 is 2.24 bits per heavy atom. The molecule has 0 radical (unpaired) electrons. The molecule has 0 aromatic heterocycles. The first-order chi connectivity index (χ1) is 10.1. The van der Waals surface area contributed by atoms with Crippen LogP contribution in [-0.4, -0.2) is 18.0 Å². The van der Waals surface area contributed by atoms with E-state index in [9.17, 15) is 0 Å². The minimum Gasteiger partial charge on any atom is -0.321 e. The number of amidine groups is 1. The summed E-state index contributed by atoms with van der Waals surface area (Å²) < 4.78 is 0. The van der Waals surface area contributed by atoms with Gasteiger partial charge in [0.15, 0.2) is 5.17 Å². The van der Waals surface area contributed by atoms with Crippen LogP contribution in [0.2, 0.25) is 10.0 Å². The van der Waals surface area contributed by atoms with Gasteiger partial charge in [-0.3, -0.25) is 0 Å². The summed E-state index contributed by atoms with van der Waals surface area (Å²) in [5.74, 6) is 0. The third-order valence-corrected chi connectivity index (χ3v) is 3.98. The summed E-state index contributed by atoms with van der Waals surface area (Å²) in [6.07, 6.45) is 2.01. The average Bonchev–Trinajstić information content (AvgIpc) is 2.47. The summed E-state index contributed by atoms with van der Waals surface area (Å²) in [6.45, 7) is 2.86. The molecule has 2 aromatic rings. The molecule has 21 heavy (non-hydrogen) atoms. The highest BCUT2D eigenvalue weighted by atomic mass is 35.5. The minimum atomic E-state index is 0.621. The van der Waals surface area contributed by atoms with Crippen LogP contribution in [0.1, 0.15) is 6.92 Å². The monoisotopic (exact) mass is 338 g/mol. The molecule has 0 aliphatic rings. The largest absolute Gasteiger partial charge is 0.321 e. The van der Waals surface area contributed by atoms with Crippen molar-refractivity contribution in [1.29, 1.82) is 0 Å². The number of aliphatic imine (C=N–C) groups is 1. The van der Waals surface area contributed by atoms with E-state index >= 15 is 0 Å². The Labute approximate surface area is 139 Å². The van der Waals surface area contributed by atoms with Crippen LogP contribution >= 0.6 is 35.0 Å². The van der Waals surface area contributed by atoms with E-state index in [4.69, 9.17) is 28.2 Å². The Kier molecular flexibility index (Phi) is 5.97. The van der Waals surface area contributed by atoms with E-state index in [-0.39, 0.29) is 0 Å². The lowest BCUT2D eigenvalue weighted by molar-refractivity contribution is 1.07. The first-order valence-electron chi connectivity index (χ1n) is 6.55. The maximum atomic E-state index is 6.10. The molecule has 2 rings (SSSR count). The van der Waals surface area contributed by atoms with E-state index in [0.29, 0.717) is 10.0 Å². The molecule has 0 saturated carbocycles. The van der Waals surface area contributed by atoms with E-state index in [2.05, 4.69) is 11.8 Å². The second-order valence-corrected chi connectivity index (χ2v) is 5.95. The van der Waals surface area contributed by atoms with Crippen LogP contribution < -0.4 is 4.90 Å². The first-order valence-corrected chi connectivity index (χ1v) is 8.53. The van der Waals surface area contributed by atoms with E-state index in [1.807, 2.05) is 48.7 Å². The molecule has 0 aliphatic heterocycles. The van der Waals surface area contributed by atoms with Gasteiger partial charge in [-0.15, -0.1) is 0 Å². The summed E-state index contributed by atoms with van der Waals surface area (Å²) in [4.78, 5) is 6.80. The Hall–Kier alpha value is -1.16. The third-order valence-electron chi connectivity index (χ3n) is 2.87. The van der Waals surface area contributed by atoms with Gasteiger partial charge in [-0.25, -0.2) is 4.99 Å². The van der Waals surface area contributed by atoms with E-state index < -0.39 is 0 Å². The fourth-order valence-electron chi connectivity index (χ4n) is 1.95.